The average molecular weight is 284 g/mol. The number of nitrogens with two attached hydrogens (primary N) is 1. The van der Waals surface area contributed by atoms with Crippen LogP contribution in [-0.2, 0) is 9.53 Å². The fraction of sp³-hybridized carbons (Fsp3) is 0.417. The van der Waals surface area contributed by atoms with E-state index in [-0.39, 0.29) is 28.5 Å². The molecule has 1 aliphatic rings. The van der Waals surface area contributed by atoms with Gasteiger partial charge in [-0.2, -0.15) is 0 Å². The van der Waals surface area contributed by atoms with Crippen LogP contribution < -0.4 is 5.73 Å². The van der Waals surface area contributed by atoms with Gasteiger partial charge in [-0.1, -0.05) is 11.6 Å². The van der Waals surface area contributed by atoms with E-state index in [1.54, 1.807) is 4.90 Å². The highest BCUT2D eigenvalue weighted by molar-refractivity contribution is 6.32. The lowest BCUT2D eigenvalue weighted by Gasteiger charge is -2.16. The molecule has 0 aliphatic carbocycles. The van der Waals surface area contributed by atoms with Crippen molar-refractivity contribution in [3.8, 4) is 0 Å². The molecule has 19 heavy (non-hydrogen) atoms. The molecule has 2 N–H and O–H groups in total. The van der Waals surface area contributed by atoms with E-state index in [1.165, 1.54) is 19.4 Å². The van der Waals surface area contributed by atoms with Crippen molar-refractivity contribution in [2.24, 2.45) is 5.92 Å². The molecule has 1 fully saturated rings. The van der Waals surface area contributed by atoms with Crippen molar-refractivity contribution >= 4 is 29.2 Å². The number of rotatable bonds is 2. The van der Waals surface area contributed by atoms with Crippen LogP contribution in [0.2, 0.25) is 5.15 Å². The van der Waals surface area contributed by atoms with Crippen LogP contribution in [0.5, 0.6) is 0 Å². The standard InChI is InChI=1S/C12H14ClN3O3/c1-19-12(18)7-2-3-16(6-7)11(17)9-4-8(14)5-15-10(9)13/h4-5,7H,2-3,6,14H2,1H3. The molecule has 1 amide bonds. The molecule has 2 rings (SSSR count). The van der Waals surface area contributed by atoms with Gasteiger partial charge in [-0.25, -0.2) is 4.98 Å². The van der Waals surface area contributed by atoms with E-state index in [0.717, 1.165) is 0 Å². The number of aromatic nitrogens is 1. The number of anilines is 1. The summed E-state index contributed by atoms with van der Waals surface area (Å²) in [7, 11) is 1.34. The number of hydrogen-bond acceptors (Lipinski definition) is 5. The number of halogens is 1. The van der Waals surface area contributed by atoms with E-state index < -0.39 is 0 Å². The summed E-state index contributed by atoms with van der Waals surface area (Å²) in [6.45, 7) is 0.820. The molecule has 1 aromatic heterocycles. The number of carbonyl (C=O) groups excluding carboxylic acids is 2. The molecule has 102 valence electrons. The Morgan fingerprint density at radius 2 is 2.32 bits per heavy atom. The number of likely N-dealkylation sites (tertiary alicyclic amines) is 1. The lowest BCUT2D eigenvalue weighted by Crippen LogP contribution is -2.30. The van der Waals surface area contributed by atoms with Crippen LogP contribution in [0, 0.1) is 5.92 Å². The van der Waals surface area contributed by atoms with Gasteiger partial charge in [0.15, 0.2) is 0 Å². The van der Waals surface area contributed by atoms with Gasteiger partial charge in [-0.3, -0.25) is 9.59 Å². The number of methoxy groups -OCH3 is 1. The normalized spacial score (nSPS) is 18.4. The number of carbonyl (C=O) groups is 2. The Hall–Kier alpha value is -1.82. The monoisotopic (exact) mass is 283 g/mol. The highest BCUT2D eigenvalue weighted by Gasteiger charge is 2.32. The molecule has 0 bridgehead atoms. The van der Waals surface area contributed by atoms with Crippen molar-refractivity contribution in [1.82, 2.24) is 9.88 Å². The largest absolute Gasteiger partial charge is 0.469 e. The smallest absolute Gasteiger partial charge is 0.310 e. The van der Waals surface area contributed by atoms with Gasteiger partial charge in [-0.15, -0.1) is 0 Å². The summed E-state index contributed by atoms with van der Waals surface area (Å²) in [5.74, 6) is -0.843. The second-order valence-corrected chi connectivity index (χ2v) is 4.72. The number of nitrogen functional groups attached to an aromatic ring is 1. The summed E-state index contributed by atoms with van der Waals surface area (Å²) in [6.07, 6.45) is 1.98. The first-order valence-corrected chi connectivity index (χ1v) is 6.19. The number of ether oxygens (including phenoxy) is 1. The highest BCUT2D eigenvalue weighted by atomic mass is 35.5. The third-order valence-corrected chi connectivity index (χ3v) is 3.40. The quantitative estimate of drug-likeness (QED) is 0.645. The van der Waals surface area contributed by atoms with Crippen LogP contribution in [0.25, 0.3) is 0 Å². The van der Waals surface area contributed by atoms with E-state index in [4.69, 9.17) is 17.3 Å². The molecule has 0 saturated carbocycles. The van der Waals surface area contributed by atoms with Crippen LogP contribution in [0.1, 0.15) is 16.8 Å². The molecule has 1 aromatic rings. The van der Waals surface area contributed by atoms with Crippen LogP contribution in [0.15, 0.2) is 12.3 Å². The second-order valence-electron chi connectivity index (χ2n) is 4.37. The number of pyridine rings is 1. The predicted molar refractivity (Wildman–Crippen MR) is 69.7 cm³/mol. The molecule has 1 atom stereocenters. The van der Waals surface area contributed by atoms with Gasteiger partial charge in [-0.05, 0) is 12.5 Å². The molecule has 0 spiro atoms. The van der Waals surface area contributed by atoms with E-state index in [2.05, 4.69) is 9.72 Å². The zero-order valence-corrected chi connectivity index (χ0v) is 11.2. The fourth-order valence-corrected chi connectivity index (χ4v) is 2.27. The van der Waals surface area contributed by atoms with Crippen LogP contribution in [-0.4, -0.2) is 42.0 Å². The molecule has 2 heterocycles. The highest BCUT2D eigenvalue weighted by Crippen LogP contribution is 2.23. The maximum Gasteiger partial charge on any atom is 0.310 e. The first kappa shape index (κ1) is 13.6. The number of hydrogen-bond donors (Lipinski definition) is 1. The zero-order valence-electron chi connectivity index (χ0n) is 10.4. The summed E-state index contributed by atoms with van der Waals surface area (Å²) >= 11 is 5.89. The average Bonchev–Trinajstić information content (AvgIpc) is 2.89. The third-order valence-electron chi connectivity index (χ3n) is 3.10. The minimum absolute atomic E-state index is 0.112. The molecule has 7 heteroatoms. The SMILES string of the molecule is COC(=O)C1CCN(C(=O)c2cc(N)cnc2Cl)C1. The van der Waals surface area contributed by atoms with Crippen LogP contribution in [0.3, 0.4) is 0 Å². The molecular weight excluding hydrogens is 270 g/mol. The Kier molecular flexibility index (Phi) is 3.90. The third kappa shape index (κ3) is 2.78. The maximum atomic E-state index is 12.3. The van der Waals surface area contributed by atoms with Gasteiger partial charge in [0.05, 0.1) is 30.5 Å². The van der Waals surface area contributed by atoms with E-state index in [1.807, 2.05) is 0 Å². The fourth-order valence-electron chi connectivity index (χ4n) is 2.09. The Bertz CT molecular complexity index is 521. The van der Waals surface area contributed by atoms with E-state index in [9.17, 15) is 9.59 Å². The topological polar surface area (TPSA) is 85.5 Å². The van der Waals surface area contributed by atoms with Gasteiger partial charge in [0.25, 0.3) is 5.91 Å². The van der Waals surface area contributed by atoms with Gasteiger partial charge >= 0.3 is 5.97 Å². The van der Waals surface area contributed by atoms with Crippen molar-refractivity contribution in [1.29, 1.82) is 0 Å². The molecule has 1 aliphatic heterocycles. The summed E-state index contributed by atoms with van der Waals surface area (Å²) in [6, 6.07) is 1.49. The lowest BCUT2D eigenvalue weighted by molar-refractivity contribution is -0.144. The van der Waals surface area contributed by atoms with Crippen molar-refractivity contribution in [2.75, 3.05) is 25.9 Å². The number of amides is 1. The molecule has 1 unspecified atom stereocenters. The van der Waals surface area contributed by atoms with E-state index >= 15 is 0 Å². The second kappa shape index (κ2) is 5.44. The van der Waals surface area contributed by atoms with E-state index in [0.29, 0.717) is 25.2 Å². The molecular formula is C12H14ClN3O3. The van der Waals surface area contributed by atoms with Crippen molar-refractivity contribution in [2.45, 2.75) is 6.42 Å². The minimum atomic E-state index is -0.299. The molecule has 1 saturated heterocycles. The van der Waals surface area contributed by atoms with Crippen LogP contribution >= 0.6 is 11.6 Å². The summed E-state index contributed by atoms with van der Waals surface area (Å²) in [4.78, 5) is 29.1. The Morgan fingerprint density at radius 1 is 1.58 bits per heavy atom. The lowest BCUT2D eigenvalue weighted by atomic mass is 10.1. The number of esters is 1. The summed E-state index contributed by atoms with van der Waals surface area (Å²) < 4.78 is 4.68. The zero-order chi connectivity index (χ0) is 14.0. The molecule has 0 aromatic carbocycles. The molecule has 6 nitrogen and oxygen atoms in total. The Morgan fingerprint density at radius 3 is 3.00 bits per heavy atom. The Labute approximate surface area is 115 Å². The Balaban J connectivity index is 2.13. The van der Waals surface area contributed by atoms with Gasteiger partial charge in [0, 0.05) is 13.1 Å². The summed E-state index contributed by atoms with van der Waals surface area (Å²) in [5, 5.41) is 0.112. The maximum absolute atomic E-state index is 12.3. The van der Waals surface area contributed by atoms with Gasteiger partial charge in [0.2, 0.25) is 0 Å². The van der Waals surface area contributed by atoms with Crippen molar-refractivity contribution in [3.63, 3.8) is 0 Å². The van der Waals surface area contributed by atoms with Crippen molar-refractivity contribution < 1.29 is 14.3 Å². The first-order chi connectivity index (χ1) is 9.02. The predicted octanol–water partition coefficient (Wildman–Crippen LogP) is 0.952. The number of nitrogens with zero attached hydrogens (tertiary/aromatic N) is 2. The molecule has 0 radical (unpaired) electrons. The van der Waals surface area contributed by atoms with Crippen LogP contribution in [0.4, 0.5) is 5.69 Å². The van der Waals surface area contributed by atoms with Crippen molar-refractivity contribution in [3.05, 3.63) is 23.0 Å². The van der Waals surface area contributed by atoms with Gasteiger partial charge < -0.3 is 15.4 Å². The first-order valence-electron chi connectivity index (χ1n) is 5.81. The summed E-state index contributed by atoms with van der Waals surface area (Å²) in [5.41, 5.74) is 6.22. The minimum Gasteiger partial charge on any atom is -0.469 e. The van der Waals surface area contributed by atoms with Gasteiger partial charge in [0.1, 0.15) is 5.15 Å².